The van der Waals surface area contributed by atoms with Gasteiger partial charge in [-0.2, -0.15) is 0 Å². The molecule has 0 bridgehead atoms. The van der Waals surface area contributed by atoms with E-state index in [9.17, 15) is 18.0 Å². The fourth-order valence-electron chi connectivity index (χ4n) is 2.82. The van der Waals surface area contributed by atoms with Gasteiger partial charge in [0.15, 0.2) is 15.9 Å². The van der Waals surface area contributed by atoms with Crippen LogP contribution in [0.2, 0.25) is 5.15 Å². The molecule has 1 aliphatic heterocycles. The number of benzene rings is 1. The Morgan fingerprint density at radius 3 is 2.77 bits per heavy atom. The zero-order valence-electron chi connectivity index (χ0n) is 13.9. The maximum absolute atomic E-state index is 12.5. The molecule has 3 rings (SSSR count). The first-order valence-corrected chi connectivity index (χ1v) is 10.2. The number of hydrogen-bond donors (Lipinski definition) is 1. The van der Waals surface area contributed by atoms with Crippen LogP contribution in [-0.4, -0.2) is 48.9 Å². The Labute approximate surface area is 155 Å². The summed E-state index contributed by atoms with van der Waals surface area (Å²) in [6.45, 7) is 1.43. The van der Waals surface area contributed by atoms with Crippen molar-refractivity contribution < 1.29 is 22.7 Å². The van der Waals surface area contributed by atoms with Crippen LogP contribution in [0.25, 0.3) is 10.9 Å². The number of sulfone groups is 1. The van der Waals surface area contributed by atoms with Gasteiger partial charge in [-0.25, -0.2) is 18.2 Å². The van der Waals surface area contributed by atoms with Gasteiger partial charge in [-0.3, -0.25) is 4.79 Å². The van der Waals surface area contributed by atoms with E-state index in [0.717, 1.165) is 0 Å². The number of carbonyl (C=O) groups excluding carboxylic acids is 2. The minimum absolute atomic E-state index is 0.0492. The second kappa shape index (κ2) is 7.20. The average Bonchev–Trinajstić information content (AvgIpc) is 2.92. The maximum atomic E-state index is 12.5. The van der Waals surface area contributed by atoms with Gasteiger partial charge in [0, 0.05) is 11.4 Å². The van der Waals surface area contributed by atoms with Crippen LogP contribution in [-0.2, 0) is 19.4 Å². The molecule has 0 aliphatic carbocycles. The second-order valence-electron chi connectivity index (χ2n) is 6.17. The number of fused-ring (bicyclic) bond motifs is 1. The standard InChI is InChI=1S/C17H17ClN2O5S/c1-10(16(21)19-11-6-7-26(23,24)9-11)25-17(22)13-8-15(18)20-14-5-3-2-4-12(13)14/h2-5,8,10-11H,6-7,9H2,1H3,(H,19,21)/t10-,11+/m1/s1. The maximum Gasteiger partial charge on any atom is 0.339 e. The van der Waals surface area contributed by atoms with Gasteiger partial charge >= 0.3 is 5.97 Å². The Hall–Kier alpha value is -2.19. The van der Waals surface area contributed by atoms with E-state index < -0.39 is 33.9 Å². The van der Waals surface area contributed by atoms with E-state index in [-0.39, 0.29) is 22.2 Å². The number of para-hydroxylation sites is 1. The zero-order valence-corrected chi connectivity index (χ0v) is 15.5. The summed E-state index contributed by atoms with van der Waals surface area (Å²) in [6, 6.07) is 7.89. The van der Waals surface area contributed by atoms with Crippen molar-refractivity contribution in [3.05, 3.63) is 41.0 Å². The lowest BCUT2D eigenvalue weighted by atomic mass is 10.1. The first kappa shape index (κ1) is 18.6. The van der Waals surface area contributed by atoms with Gasteiger partial charge in [0.2, 0.25) is 0 Å². The number of nitrogens with one attached hydrogen (secondary N) is 1. The van der Waals surface area contributed by atoms with E-state index >= 15 is 0 Å². The lowest BCUT2D eigenvalue weighted by Gasteiger charge is -2.17. The third kappa shape index (κ3) is 4.13. The fourth-order valence-corrected chi connectivity index (χ4v) is 4.69. The van der Waals surface area contributed by atoms with Gasteiger partial charge in [0.1, 0.15) is 5.15 Å². The van der Waals surface area contributed by atoms with Crippen molar-refractivity contribution in [1.29, 1.82) is 0 Å². The summed E-state index contributed by atoms with van der Waals surface area (Å²) < 4.78 is 28.1. The van der Waals surface area contributed by atoms with Crippen LogP contribution in [0.15, 0.2) is 30.3 Å². The van der Waals surface area contributed by atoms with E-state index in [2.05, 4.69) is 10.3 Å². The van der Waals surface area contributed by atoms with Crippen LogP contribution < -0.4 is 5.32 Å². The van der Waals surface area contributed by atoms with E-state index in [0.29, 0.717) is 17.3 Å². The molecule has 1 fully saturated rings. The molecule has 2 aromatic rings. The first-order chi connectivity index (χ1) is 12.2. The summed E-state index contributed by atoms with van der Waals surface area (Å²) in [5.74, 6) is -1.28. The molecule has 0 unspecified atom stereocenters. The van der Waals surface area contributed by atoms with Gasteiger partial charge in [-0.1, -0.05) is 29.8 Å². The molecule has 2 heterocycles. The average molecular weight is 397 g/mol. The summed E-state index contributed by atoms with van der Waals surface area (Å²) in [7, 11) is -3.11. The third-order valence-electron chi connectivity index (χ3n) is 4.14. The number of pyridine rings is 1. The highest BCUT2D eigenvalue weighted by Gasteiger charge is 2.31. The Balaban J connectivity index is 1.71. The van der Waals surface area contributed by atoms with E-state index in [1.807, 2.05) is 0 Å². The summed E-state index contributed by atoms with van der Waals surface area (Å²) in [6.07, 6.45) is -0.712. The van der Waals surface area contributed by atoms with Crippen LogP contribution in [0.3, 0.4) is 0 Å². The molecule has 1 saturated heterocycles. The molecule has 0 radical (unpaired) electrons. The molecule has 1 aromatic carbocycles. The summed E-state index contributed by atoms with van der Waals surface area (Å²) >= 11 is 5.95. The Morgan fingerprint density at radius 1 is 1.35 bits per heavy atom. The molecule has 0 saturated carbocycles. The number of rotatable bonds is 4. The van der Waals surface area contributed by atoms with Crippen molar-refractivity contribution in [2.75, 3.05) is 11.5 Å². The number of aromatic nitrogens is 1. The van der Waals surface area contributed by atoms with Crippen LogP contribution in [0.4, 0.5) is 0 Å². The molecular formula is C17H17ClN2O5S. The van der Waals surface area contributed by atoms with Crippen molar-refractivity contribution in [2.45, 2.75) is 25.5 Å². The highest BCUT2D eigenvalue weighted by atomic mass is 35.5. The molecule has 7 nitrogen and oxygen atoms in total. The minimum atomic E-state index is -3.11. The number of halogens is 1. The Bertz CT molecular complexity index is 976. The number of nitrogens with zero attached hydrogens (tertiary/aromatic N) is 1. The summed E-state index contributed by atoms with van der Waals surface area (Å²) in [5.41, 5.74) is 0.754. The lowest BCUT2D eigenvalue weighted by molar-refractivity contribution is -0.129. The van der Waals surface area contributed by atoms with Crippen molar-refractivity contribution in [3.8, 4) is 0 Å². The van der Waals surface area contributed by atoms with Crippen molar-refractivity contribution in [1.82, 2.24) is 10.3 Å². The Kier molecular flexibility index (Phi) is 5.15. The third-order valence-corrected chi connectivity index (χ3v) is 6.10. The van der Waals surface area contributed by atoms with Crippen LogP contribution in [0.5, 0.6) is 0 Å². The van der Waals surface area contributed by atoms with Crippen LogP contribution in [0.1, 0.15) is 23.7 Å². The van der Waals surface area contributed by atoms with Gasteiger partial charge in [-0.15, -0.1) is 0 Å². The van der Waals surface area contributed by atoms with Gasteiger partial charge in [-0.05, 0) is 25.5 Å². The molecule has 1 aliphatic rings. The number of ether oxygens (including phenoxy) is 1. The largest absolute Gasteiger partial charge is 0.449 e. The number of carbonyl (C=O) groups is 2. The Morgan fingerprint density at radius 2 is 2.08 bits per heavy atom. The van der Waals surface area contributed by atoms with Crippen molar-refractivity contribution >= 4 is 44.2 Å². The number of esters is 1. The molecule has 9 heteroatoms. The summed E-state index contributed by atoms with van der Waals surface area (Å²) in [5, 5.41) is 3.31. The number of amides is 1. The fraction of sp³-hybridized carbons (Fsp3) is 0.353. The highest BCUT2D eigenvalue weighted by Crippen LogP contribution is 2.22. The van der Waals surface area contributed by atoms with E-state index in [1.54, 1.807) is 24.3 Å². The highest BCUT2D eigenvalue weighted by molar-refractivity contribution is 7.91. The minimum Gasteiger partial charge on any atom is -0.449 e. The second-order valence-corrected chi connectivity index (χ2v) is 8.78. The molecule has 0 spiro atoms. The van der Waals surface area contributed by atoms with Crippen molar-refractivity contribution in [2.24, 2.45) is 0 Å². The molecule has 1 amide bonds. The predicted octanol–water partition coefficient (Wildman–Crippen LogP) is 1.74. The molecule has 138 valence electrons. The lowest BCUT2D eigenvalue weighted by Crippen LogP contribution is -2.42. The molecule has 26 heavy (non-hydrogen) atoms. The molecular weight excluding hydrogens is 380 g/mol. The van der Waals surface area contributed by atoms with Crippen LogP contribution in [0, 0.1) is 0 Å². The smallest absolute Gasteiger partial charge is 0.339 e. The van der Waals surface area contributed by atoms with Crippen molar-refractivity contribution in [3.63, 3.8) is 0 Å². The zero-order chi connectivity index (χ0) is 18.9. The van der Waals surface area contributed by atoms with E-state index in [1.165, 1.54) is 13.0 Å². The molecule has 1 N–H and O–H groups in total. The first-order valence-electron chi connectivity index (χ1n) is 8.02. The topological polar surface area (TPSA) is 102 Å². The van der Waals surface area contributed by atoms with E-state index in [4.69, 9.17) is 16.3 Å². The van der Waals surface area contributed by atoms with Gasteiger partial charge in [0.25, 0.3) is 5.91 Å². The van der Waals surface area contributed by atoms with Gasteiger partial charge in [0.05, 0.1) is 22.6 Å². The molecule has 2 atom stereocenters. The monoisotopic (exact) mass is 396 g/mol. The van der Waals surface area contributed by atoms with Crippen LogP contribution >= 0.6 is 11.6 Å². The number of hydrogen-bond acceptors (Lipinski definition) is 6. The van der Waals surface area contributed by atoms with Gasteiger partial charge < -0.3 is 10.1 Å². The molecule has 1 aromatic heterocycles. The quantitative estimate of drug-likeness (QED) is 0.623. The predicted molar refractivity (Wildman–Crippen MR) is 96.8 cm³/mol. The normalized spacial score (nSPS) is 19.8. The SMILES string of the molecule is C[C@@H](OC(=O)c1cc(Cl)nc2ccccc12)C(=O)N[C@H]1CCS(=O)(=O)C1. The summed E-state index contributed by atoms with van der Waals surface area (Å²) in [4.78, 5) is 28.8.